The number of likely N-dealkylation sites (tertiary alicyclic amines) is 1. The van der Waals surface area contributed by atoms with E-state index in [9.17, 15) is 4.79 Å². The summed E-state index contributed by atoms with van der Waals surface area (Å²) in [5, 5.41) is 0. The Morgan fingerprint density at radius 3 is 2.17 bits per heavy atom. The molecule has 1 fully saturated rings. The molecule has 1 amide bonds. The molecule has 1 saturated heterocycles. The number of benzene rings is 2. The van der Waals surface area contributed by atoms with Crippen LogP contribution in [0.5, 0.6) is 0 Å². The molecule has 29 heavy (non-hydrogen) atoms. The van der Waals surface area contributed by atoms with Gasteiger partial charge in [-0.2, -0.15) is 0 Å². The zero-order valence-electron chi connectivity index (χ0n) is 18.4. The minimum Gasteiger partial charge on any atom is -0.337 e. The summed E-state index contributed by atoms with van der Waals surface area (Å²) >= 11 is 0. The highest BCUT2D eigenvalue weighted by molar-refractivity contribution is 5.78. The van der Waals surface area contributed by atoms with Crippen molar-refractivity contribution in [1.82, 2.24) is 9.80 Å². The monoisotopic (exact) mass is 392 g/mol. The average molecular weight is 393 g/mol. The number of amides is 1. The van der Waals surface area contributed by atoms with Crippen LogP contribution in [0.3, 0.4) is 0 Å². The van der Waals surface area contributed by atoms with Crippen molar-refractivity contribution in [3.63, 3.8) is 0 Å². The van der Waals surface area contributed by atoms with Crippen LogP contribution in [-0.4, -0.2) is 41.9 Å². The third-order valence-corrected chi connectivity index (χ3v) is 5.88. The largest absolute Gasteiger partial charge is 0.337 e. The van der Waals surface area contributed by atoms with Gasteiger partial charge in [-0.1, -0.05) is 81.8 Å². The average Bonchev–Trinajstić information content (AvgIpc) is 2.72. The van der Waals surface area contributed by atoms with Crippen LogP contribution >= 0.6 is 0 Å². The van der Waals surface area contributed by atoms with Crippen LogP contribution in [0.15, 0.2) is 54.6 Å². The van der Waals surface area contributed by atoms with Crippen molar-refractivity contribution in [2.45, 2.75) is 58.4 Å². The Labute approximate surface area is 176 Å². The standard InChI is InChI=1S/C26H36N2O/c1-26(2,3)24-14-12-23(13-15-24)21-28(19-18-27-16-8-5-9-17-27)25(29)20-22-10-6-4-7-11-22/h4,6-7,10-15H,5,8-9,16-21H2,1-3H3. The number of nitrogens with zero attached hydrogens (tertiary/aromatic N) is 2. The first-order chi connectivity index (χ1) is 13.9. The number of carbonyl (C=O) groups excluding carboxylic acids is 1. The van der Waals surface area contributed by atoms with Gasteiger partial charge in [0.25, 0.3) is 0 Å². The minimum atomic E-state index is 0.148. The SMILES string of the molecule is CC(C)(C)c1ccc(CN(CCN2CCCCC2)C(=O)Cc2ccccc2)cc1. The van der Waals surface area contributed by atoms with Gasteiger partial charge in [-0.15, -0.1) is 0 Å². The number of hydrogen-bond acceptors (Lipinski definition) is 2. The number of rotatable bonds is 7. The van der Waals surface area contributed by atoms with Crippen molar-refractivity contribution < 1.29 is 4.79 Å². The lowest BCUT2D eigenvalue weighted by Crippen LogP contribution is -2.40. The van der Waals surface area contributed by atoms with Gasteiger partial charge in [0.2, 0.25) is 5.91 Å². The van der Waals surface area contributed by atoms with E-state index in [4.69, 9.17) is 0 Å². The molecule has 0 saturated carbocycles. The molecule has 2 aromatic rings. The molecule has 0 spiro atoms. The van der Waals surface area contributed by atoms with E-state index in [1.165, 1.54) is 43.5 Å². The summed E-state index contributed by atoms with van der Waals surface area (Å²) in [4.78, 5) is 17.7. The van der Waals surface area contributed by atoms with Crippen LogP contribution in [0.1, 0.15) is 56.7 Å². The van der Waals surface area contributed by atoms with E-state index >= 15 is 0 Å². The fourth-order valence-corrected chi connectivity index (χ4v) is 3.95. The summed E-state index contributed by atoms with van der Waals surface area (Å²) in [6, 6.07) is 18.9. The van der Waals surface area contributed by atoms with Crippen molar-refractivity contribution >= 4 is 5.91 Å². The summed E-state index contributed by atoms with van der Waals surface area (Å²) in [5.41, 5.74) is 3.77. The molecule has 3 rings (SSSR count). The Bertz CT molecular complexity index is 756. The summed E-state index contributed by atoms with van der Waals surface area (Å²) in [6.45, 7) is 11.5. The Morgan fingerprint density at radius 1 is 0.897 bits per heavy atom. The van der Waals surface area contributed by atoms with Crippen LogP contribution in [0.4, 0.5) is 0 Å². The van der Waals surface area contributed by atoms with Crippen molar-refractivity contribution in [2.24, 2.45) is 0 Å². The van der Waals surface area contributed by atoms with Crippen molar-refractivity contribution in [2.75, 3.05) is 26.2 Å². The van der Waals surface area contributed by atoms with Crippen molar-refractivity contribution in [3.05, 3.63) is 71.3 Å². The van der Waals surface area contributed by atoms with E-state index in [1.807, 2.05) is 35.2 Å². The fourth-order valence-electron chi connectivity index (χ4n) is 3.95. The lowest BCUT2D eigenvalue weighted by Gasteiger charge is -2.30. The highest BCUT2D eigenvalue weighted by Crippen LogP contribution is 2.22. The second-order valence-corrected chi connectivity index (χ2v) is 9.33. The van der Waals surface area contributed by atoms with Crippen molar-refractivity contribution in [1.29, 1.82) is 0 Å². The Balaban J connectivity index is 1.68. The van der Waals surface area contributed by atoms with E-state index in [2.05, 4.69) is 49.9 Å². The summed E-state index contributed by atoms with van der Waals surface area (Å²) < 4.78 is 0. The van der Waals surface area contributed by atoms with E-state index in [1.54, 1.807) is 0 Å². The minimum absolute atomic E-state index is 0.148. The molecule has 3 nitrogen and oxygen atoms in total. The third kappa shape index (κ3) is 6.71. The highest BCUT2D eigenvalue weighted by atomic mass is 16.2. The molecule has 0 atom stereocenters. The van der Waals surface area contributed by atoms with Crippen LogP contribution in [0, 0.1) is 0 Å². The molecule has 0 unspecified atom stereocenters. The molecule has 1 heterocycles. The molecule has 3 heteroatoms. The van der Waals surface area contributed by atoms with Gasteiger partial charge in [0.05, 0.1) is 6.42 Å². The first-order valence-electron chi connectivity index (χ1n) is 11.1. The fraction of sp³-hybridized carbons (Fsp3) is 0.500. The molecule has 156 valence electrons. The predicted octanol–water partition coefficient (Wildman–Crippen LogP) is 5.04. The Hall–Kier alpha value is -2.13. The third-order valence-electron chi connectivity index (χ3n) is 5.88. The van der Waals surface area contributed by atoms with Gasteiger partial charge in [0, 0.05) is 19.6 Å². The Kier molecular flexibility index (Phi) is 7.49. The summed E-state index contributed by atoms with van der Waals surface area (Å²) in [6.07, 6.45) is 4.38. The molecule has 0 radical (unpaired) electrons. The molecule has 1 aliphatic heterocycles. The van der Waals surface area contributed by atoms with Gasteiger partial charge in [0.1, 0.15) is 0 Å². The topological polar surface area (TPSA) is 23.6 Å². The lowest BCUT2D eigenvalue weighted by molar-refractivity contribution is -0.131. The normalized spacial score (nSPS) is 15.3. The van der Waals surface area contributed by atoms with Crippen LogP contribution in [0.25, 0.3) is 0 Å². The van der Waals surface area contributed by atoms with E-state index in [0.29, 0.717) is 13.0 Å². The number of carbonyl (C=O) groups is 1. The van der Waals surface area contributed by atoms with Gasteiger partial charge < -0.3 is 9.80 Å². The Morgan fingerprint density at radius 2 is 1.55 bits per heavy atom. The molecular weight excluding hydrogens is 356 g/mol. The zero-order chi connectivity index (χ0) is 20.7. The van der Waals surface area contributed by atoms with Crippen LogP contribution < -0.4 is 0 Å². The predicted molar refractivity (Wildman–Crippen MR) is 121 cm³/mol. The van der Waals surface area contributed by atoms with Gasteiger partial charge in [-0.25, -0.2) is 0 Å². The summed E-state index contributed by atoms with van der Waals surface area (Å²) in [7, 11) is 0. The van der Waals surface area contributed by atoms with Crippen LogP contribution in [-0.2, 0) is 23.2 Å². The van der Waals surface area contributed by atoms with E-state index in [0.717, 1.165) is 18.7 Å². The first-order valence-corrected chi connectivity index (χ1v) is 11.1. The highest BCUT2D eigenvalue weighted by Gasteiger charge is 2.18. The molecule has 1 aliphatic rings. The van der Waals surface area contributed by atoms with Gasteiger partial charge >= 0.3 is 0 Å². The maximum absolute atomic E-state index is 13.1. The second kappa shape index (κ2) is 10.1. The molecule has 0 bridgehead atoms. The second-order valence-electron chi connectivity index (χ2n) is 9.33. The number of piperidine rings is 1. The van der Waals surface area contributed by atoms with E-state index in [-0.39, 0.29) is 11.3 Å². The van der Waals surface area contributed by atoms with Gasteiger partial charge in [-0.3, -0.25) is 4.79 Å². The number of hydrogen-bond donors (Lipinski definition) is 0. The van der Waals surface area contributed by atoms with Crippen molar-refractivity contribution in [3.8, 4) is 0 Å². The van der Waals surface area contributed by atoms with Gasteiger partial charge in [-0.05, 0) is 48.0 Å². The molecule has 2 aromatic carbocycles. The maximum atomic E-state index is 13.1. The maximum Gasteiger partial charge on any atom is 0.227 e. The van der Waals surface area contributed by atoms with E-state index < -0.39 is 0 Å². The summed E-state index contributed by atoms with van der Waals surface area (Å²) in [5.74, 6) is 0.216. The molecular formula is C26H36N2O. The molecule has 0 aromatic heterocycles. The van der Waals surface area contributed by atoms with Crippen LogP contribution in [0.2, 0.25) is 0 Å². The quantitative estimate of drug-likeness (QED) is 0.659. The lowest BCUT2D eigenvalue weighted by atomic mass is 9.87. The molecule has 0 N–H and O–H groups in total. The molecule has 0 aliphatic carbocycles. The van der Waals surface area contributed by atoms with Gasteiger partial charge in [0.15, 0.2) is 0 Å². The smallest absolute Gasteiger partial charge is 0.227 e. The zero-order valence-corrected chi connectivity index (χ0v) is 18.4. The first kappa shape index (κ1) is 21.6.